The number of amides is 2. The first-order valence-electron chi connectivity index (χ1n) is 10.9. The number of ether oxygens (including phenoxy) is 1. The molecule has 2 heterocycles. The summed E-state index contributed by atoms with van der Waals surface area (Å²) in [5.41, 5.74) is 3.16. The Morgan fingerprint density at radius 2 is 2.00 bits per heavy atom. The van der Waals surface area contributed by atoms with Crippen molar-refractivity contribution in [2.75, 3.05) is 18.0 Å². The second kappa shape index (κ2) is 9.26. The van der Waals surface area contributed by atoms with Crippen molar-refractivity contribution < 1.29 is 19.1 Å². The lowest BCUT2D eigenvalue weighted by atomic mass is 10.0. The van der Waals surface area contributed by atoms with Crippen LogP contribution < -0.4 is 15.0 Å². The summed E-state index contributed by atoms with van der Waals surface area (Å²) in [6.07, 6.45) is 3.10. The Hall–Kier alpha value is -3.61. The zero-order chi connectivity index (χ0) is 22.7. The van der Waals surface area contributed by atoms with Gasteiger partial charge in [-0.25, -0.2) is 0 Å². The number of benzene rings is 2. The Labute approximate surface area is 186 Å². The number of para-hydroxylation sites is 1. The van der Waals surface area contributed by atoms with Gasteiger partial charge in [0.2, 0.25) is 5.91 Å². The summed E-state index contributed by atoms with van der Waals surface area (Å²) in [4.78, 5) is 42.4. The topological polar surface area (TPSA) is 91.5 Å². The molecular weight excluding hydrogens is 406 g/mol. The average Bonchev–Trinajstić information content (AvgIpc) is 3.20. The number of nitrogens with one attached hydrogen (secondary N) is 2. The molecule has 32 heavy (non-hydrogen) atoms. The van der Waals surface area contributed by atoms with Crippen LogP contribution in [0.2, 0.25) is 0 Å². The average molecular weight is 434 g/mol. The van der Waals surface area contributed by atoms with Crippen LogP contribution >= 0.6 is 0 Å². The smallest absolute Gasteiger partial charge is 0.268 e. The maximum atomic E-state index is 12.8. The Morgan fingerprint density at radius 1 is 1.19 bits per heavy atom. The number of ketones is 1. The third kappa shape index (κ3) is 4.37. The van der Waals surface area contributed by atoms with E-state index in [-0.39, 0.29) is 24.1 Å². The summed E-state index contributed by atoms with van der Waals surface area (Å²) in [6, 6.07) is 13.1. The van der Waals surface area contributed by atoms with E-state index in [9.17, 15) is 14.4 Å². The van der Waals surface area contributed by atoms with Crippen molar-refractivity contribution in [2.45, 2.75) is 39.2 Å². The van der Waals surface area contributed by atoms with Crippen LogP contribution in [0.25, 0.3) is 10.9 Å². The van der Waals surface area contributed by atoms with Gasteiger partial charge in [0, 0.05) is 35.6 Å². The summed E-state index contributed by atoms with van der Waals surface area (Å²) >= 11 is 0. The summed E-state index contributed by atoms with van der Waals surface area (Å²) in [5, 5.41) is 4.04. The number of hydrogen-bond donors (Lipinski definition) is 2. The lowest BCUT2D eigenvalue weighted by Crippen LogP contribution is -2.49. The highest BCUT2D eigenvalue weighted by molar-refractivity contribution is 6.05. The number of anilines is 1. The number of nitrogens with zero attached hydrogens (tertiary/aromatic N) is 1. The number of aromatic nitrogens is 1. The minimum absolute atomic E-state index is 0.00417. The van der Waals surface area contributed by atoms with Gasteiger partial charge in [-0.1, -0.05) is 25.1 Å². The monoisotopic (exact) mass is 433 g/mol. The van der Waals surface area contributed by atoms with Gasteiger partial charge >= 0.3 is 0 Å². The molecule has 0 bridgehead atoms. The number of carbonyl (C=O) groups excluding carboxylic acids is 3. The highest BCUT2D eigenvalue weighted by Crippen LogP contribution is 2.35. The standard InChI is InChI=1S/C25H27N3O4/c1-3-6-22(29)17-9-10-23-21(13-17)28(25(31)16(2)32-23)15-24(30)26-12-11-18-14-27-20-8-5-4-7-19(18)20/h4-5,7-10,13-14,16,27H,3,6,11-12,15H2,1-2H3,(H,26,30). The number of H-pyrrole nitrogens is 1. The maximum Gasteiger partial charge on any atom is 0.268 e. The van der Waals surface area contributed by atoms with Crippen LogP contribution in [0.15, 0.2) is 48.7 Å². The van der Waals surface area contributed by atoms with E-state index in [0.29, 0.717) is 36.4 Å². The third-order valence-electron chi connectivity index (χ3n) is 5.66. The van der Waals surface area contributed by atoms with Gasteiger partial charge in [-0.3, -0.25) is 19.3 Å². The Bertz CT molecular complexity index is 1170. The van der Waals surface area contributed by atoms with Crippen molar-refractivity contribution in [1.82, 2.24) is 10.3 Å². The van der Waals surface area contributed by atoms with E-state index in [0.717, 1.165) is 22.9 Å². The molecule has 1 atom stereocenters. The molecule has 2 amide bonds. The van der Waals surface area contributed by atoms with Crippen molar-refractivity contribution in [3.8, 4) is 5.75 Å². The zero-order valence-corrected chi connectivity index (χ0v) is 18.3. The van der Waals surface area contributed by atoms with E-state index in [4.69, 9.17) is 4.74 Å². The molecule has 7 heteroatoms. The van der Waals surface area contributed by atoms with Crippen LogP contribution in [-0.2, 0) is 16.0 Å². The van der Waals surface area contributed by atoms with Gasteiger partial charge in [-0.15, -0.1) is 0 Å². The first kappa shape index (κ1) is 21.6. The second-order valence-electron chi connectivity index (χ2n) is 8.00. The van der Waals surface area contributed by atoms with E-state index in [2.05, 4.69) is 10.3 Å². The van der Waals surface area contributed by atoms with Crippen molar-refractivity contribution in [3.63, 3.8) is 0 Å². The molecular formula is C25H27N3O4. The SMILES string of the molecule is CCCC(=O)c1ccc2c(c1)N(CC(=O)NCCc1c[nH]c3ccccc13)C(=O)C(C)O2. The van der Waals surface area contributed by atoms with E-state index >= 15 is 0 Å². The largest absolute Gasteiger partial charge is 0.479 e. The molecule has 4 rings (SSSR count). The van der Waals surface area contributed by atoms with Gasteiger partial charge < -0.3 is 15.0 Å². The number of carbonyl (C=O) groups is 3. The van der Waals surface area contributed by atoms with Crippen LogP contribution in [0.4, 0.5) is 5.69 Å². The van der Waals surface area contributed by atoms with Gasteiger partial charge in [-0.2, -0.15) is 0 Å². The molecule has 1 unspecified atom stereocenters. The van der Waals surface area contributed by atoms with Gasteiger partial charge in [0.05, 0.1) is 5.69 Å². The lowest BCUT2D eigenvalue weighted by Gasteiger charge is -2.32. The first-order valence-corrected chi connectivity index (χ1v) is 10.9. The second-order valence-corrected chi connectivity index (χ2v) is 8.00. The molecule has 0 saturated heterocycles. The molecule has 0 radical (unpaired) electrons. The molecule has 1 aliphatic heterocycles. The molecule has 2 N–H and O–H groups in total. The quantitative estimate of drug-likeness (QED) is 0.531. The fourth-order valence-corrected chi connectivity index (χ4v) is 3.99. The lowest BCUT2D eigenvalue weighted by molar-refractivity contribution is -0.128. The van der Waals surface area contributed by atoms with Crippen molar-refractivity contribution in [1.29, 1.82) is 0 Å². The highest BCUT2D eigenvalue weighted by Gasteiger charge is 2.33. The summed E-state index contributed by atoms with van der Waals surface area (Å²) in [6.45, 7) is 3.93. The van der Waals surface area contributed by atoms with Crippen molar-refractivity contribution >= 4 is 34.2 Å². The summed E-state index contributed by atoms with van der Waals surface area (Å²) in [7, 11) is 0. The molecule has 0 spiro atoms. The number of rotatable bonds is 8. The molecule has 0 aliphatic carbocycles. The molecule has 1 aromatic heterocycles. The highest BCUT2D eigenvalue weighted by atomic mass is 16.5. The molecule has 0 fully saturated rings. The van der Waals surface area contributed by atoms with Crippen LogP contribution in [0.3, 0.4) is 0 Å². The Kier molecular flexibility index (Phi) is 6.25. The fraction of sp³-hybridized carbons (Fsp3) is 0.320. The van der Waals surface area contributed by atoms with Gasteiger partial charge in [-0.05, 0) is 49.6 Å². The molecule has 0 saturated carbocycles. The van der Waals surface area contributed by atoms with Crippen LogP contribution in [0, 0.1) is 0 Å². The predicted molar refractivity (Wildman–Crippen MR) is 123 cm³/mol. The Balaban J connectivity index is 1.44. The molecule has 7 nitrogen and oxygen atoms in total. The minimum Gasteiger partial charge on any atom is -0.479 e. The molecule has 166 valence electrons. The van der Waals surface area contributed by atoms with Gasteiger partial charge in [0.1, 0.15) is 12.3 Å². The Morgan fingerprint density at radius 3 is 2.81 bits per heavy atom. The maximum absolute atomic E-state index is 12.8. The molecule has 3 aromatic rings. The van der Waals surface area contributed by atoms with E-state index < -0.39 is 6.10 Å². The number of fused-ring (bicyclic) bond motifs is 2. The van der Waals surface area contributed by atoms with Crippen molar-refractivity contribution in [2.24, 2.45) is 0 Å². The van der Waals surface area contributed by atoms with Crippen molar-refractivity contribution in [3.05, 3.63) is 59.8 Å². The molecule has 1 aliphatic rings. The summed E-state index contributed by atoms with van der Waals surface area (Å²) < 4.78 is 5.68. The predicted octanol–water partition coefficient (Wildman–Crippen LogP) is 3.62. The van der Waals surface area contributed by atoms with Crippen LogP contribution in [0.1, 0.15) is 42.6 Å². The van der Waals surface area contributed by atoms with Crippen LogP contribution in [0.5, 0.6) is 5.75 Å². The van der Waals surface area contributed by atoms with E-state index in [1.54, 1.807) is 25.1 Å². The van der Waals surface area contributed by atoms with Gasteiger partial charge in [0.25, 0.3) is 5.91 Å². The van der Waals surface area contributed by atoms with E-state index in [1.165, 1.54) is 4.90 Å². The number of aromatic amines is 1. The van der Waals surface area contributed by atoms with E-state index in [1.807, 2.05) is 37.4 Å². The summed E-state index contributed by atoms with van der Waals surface area (Å²) in [5.74, 6) is -0.0610. The minimum atomic E-state index is -0.696. The first-order chi connectivity index (χ1) is 15.5. The fourth-order valence-electron chi connectivity index (χ4n) is 3.99. The van der Waals surface area contributed by atoms with Gasteiger partial charge in [0.15, 0.2) is 11.9 Å². The third-order valence-corrected chi connectivity index (χ3v) is 5.66. The molecule has 2 aromatic carbocycles. The number of hydrogen-bond acceptors (Lipinski definition) is 4. The number of Topliss-reactive ketones (excluding diaryl/α,β-unsaturated/α-hetero) is 1. The normalized spacial score (nSPS) is 15.4. The van der Waals surface area contributed by atoms with Crippen LogP contribution in [-0.4, -0.2) is 41.8 Å². The zero-order valence-electron chi connectivity index (χ0n) is 18.3.